The molecule has 1 saturated heterocycles. The molecular formula is C18H16F3NOS. The summed E-state index contributed by atoms with van der Waals surface area (Å²) >= 11 is 1.06. The molecule has 6 heteroatoms. The molecule has 1 amide bonds. The summed E-state index contributed by atoms with van der Waals surface area (Å²) in [6.07, 6.45) is 1.70. The van der Waals surface area contributed by atoms with Gasteiger partial charge in [-0.05, 0) is 42.7 Å². The molecule has 1 aliphatic rings. The number of hydrogen-bond acceptors (Lipinski definition) is 2. The zero-order chi connectivity index (χ0) is 17.1. The van der Waals surface area contributed by atoms with E-state index >= 15 is 0 Å². The molecule has 2 aromatic rings. The van der Waals surface area contributed by atoms with Crippen LogP contribution in [0.5, 0.6) is 0 Å². The second-order valence-electron chi connectivity index (χ2n) is 5.66. The molecule has 1 unspecified atom stereocenters. The second-order valence-corrected chi connectivity index (χ2v) is 6.68. The van der Waals surface area contributed by atoms with Crippen molar-refractivity contribution < 1.29 is 18.0 Å². The smallest absolute Gasteiger partial charge is 0.233 e. The molecule has 0 aromatic heterocycles. The van der Waals surface area contributed by atoms with E-state index in [-0.39, 0.29) is 28.4 Å². The van der Waals surface area contributed by atoms with Crippen LogP contribution in [-0.2, 0) is 4.79 Å². The fourth-order valence-corrected chi connectivity index (χ4v) is 3.72. The Hall–Kier alpha value is -1.95. The van der Waals surface area contributed by atoms with E-state index in [0.29, 0.717) is 6.54 Å². The van der Waals surface area contributed by atoms with Crippen LogP contribution >= 0.6 is 11.8 Å². The monoisotopic (exact) mass is 351 g/mol. The molecule has 1 atom stereocenters. The SMILES string of the molecule is O=C(CSc1ccc(F)cc1F)N1CCCC1c1ccc(F)cc1. The van der Waals surface area contributed by atoms with Crippen LogP contribution in [0.25, 0.3) is 0 Å². The highest BCUT2D eigenvalue weighted by atomic mass is 32.2. The fraction of sp³-hybridized carbons (Fsp3) is 0.278. The number of likely N-dealkylation sites (tertiary alicyclic amines) is 1. The average molecular weight is 351 g/mol. The quantitative estimate of drug-likeness (QED) is 0.753. The van der Waals surface area contributed by atoms with Crippen molar-refractivity contribution >= 4 is 17.7 Å². The lowest BCUT2D eigenvalue weighted by molar-refractivity contribution is -0.129. The molecule has 0 aliphatic carbocycles. The molecule has 0 spiro atoms. The van der Waals surface area contributed by atoms with Crippen molar-refractivity contribution in [3.63, 3.8) is 0 Å². The number of rotatable bonds is 4. The lowest BCUT2D eigenvalue weighted by Gasteiger charge is -2.25. The Balaban J connectivity index is 1.66. The van der Waals surface area contributed by atoms with Crippen LogP contribution in [0.15, 0.2) is 47.4 Å². The molecule has 126 valence electrons. The summed E-state index contributed by atoms with van der Waals surface area (Å²) in [6.45, 7) is 0.632. The summed E-state index contributed by atoms with van der Waals surface area (Å²) in [6, 6.07) is 9.41. The molecule has 1 heterocycles. The normalized spacial score (nSPS) is 17.3. The molecule has 24 heavy (non-hydrogen) atoms. The highest BCUT2D eigenvalue weighted by Crippen LogP contribution is 2.33. The number of benzene rings is 2. The van der Waals surface area contributed by atoms with Gasteiger partial charge in [0.2, 0.25) is 5.91 Å². The van der Waals surface area contributed by atoms with Gasteiger partial charge < -0.3 is 4.90 Å². The number of hydrogen-bond donors (Lipinski definition) is 0. The molecule has 0 N–H and O–H groups in total. The first-order valence-corrected chi connectivity index (χ1v) is 8.66. The van der Waals surface area contributed by atoms with E-state index < -0.39 is 11.6 Å². The van der Waals surface area contributed by atoms with Crippen molar-refractivity contribution in [2.75, 3.05) is 12.3 Å². The maximum Gasteiger partial charge on any atom is 0.233 e. The number of halogens is 3. The van der Waals surface area contributed by atoms with Gasteiger partial charge >= 0.3 is 0 Å². The van der Waals surface area contributed by atoms with Crippen LogP contribution in [0.1, 0.15) is 24.4 Å². The minimum Gasteiger partial charge on any atom is -0.335 e. The topological polar surface area (TPSA) is 20.3 Å². The van der Waals surface area contributed by atoms with Gasteiger partial charge in [0, 0.05) is 17.5 Å². The molecule has 3 rings (SSSR count). The third-order valence-electron chi connectivity index (χ3n) is 4.07. The van der Waals surface area contributed by atoms with Crippen molar-refractivity contribution in [3.8, 4) is 0 Å². The third kappa shape index (κ3) is 3.75. The zero-order valence-electron chi connectivity index (χ0n) is 12.8. The number of thioether (sulfide) groups is 1. The van der Waals surface area contributed by atoms with Gasteiger partial charge in [-0.3, -0.25) is 4.79 Å². The number of carbonyl (C=O) groups excluding carboxylic acids is 1. The molecule has 0 bridgehead atoms. The molecule has 2 aromatic carbocycles. The Morgan fingerprint density at radius 1 is 1.08 bits per heavy atom. The van der Waals surface area contributed by atoms with E-state index in [1.54, 1.807) is 17.0 Å². The molecule has 0 radical (unpaired) electrons. The summed E-state index contributed by atoms with van der Waals surface area (Å²) in [5.74, 6) is -1.63. The maximum absolute atomic E-state index is 13.6. The zero-order valence-corrected chi connectivity index (χ0v) is 13.7. The van der Waals surface area contributed by atoms with Gasteiger partial charge in [-0.2, -0.15) is 0 Å². The van der Waals surface area contributed by atoms with E-state index in [1.807, 2.05) is 0 Å². The summed E-state index contributed by atoms with van der Waals surface area (Å²) in [5, 5.41) is 0. The first-order chi connectivity index (χ1) is 11.5. The minimum absolute atomic E-state index is 0.0724. The lowest BCUT2D eigenvalue weighted by atomic mass is 10.0. The van der Waals surface area contributed by atoms with Crippen molar-refractivity contribution in [2.24, 2.45) is 0 Å². The van der Waals surface area contributed by atoms with Crippen LogP contribution in [0.4, 0.5) is 13.2 Å². The van der Waals surface area contributed by atoms with Crippen molar-refractivity contribution in [1.82, 2.24) is 4.90 Å². The van der Waals surface area contributed by atoms with Gasteiger partial charge in [0.25, 0.3) is 0 Å². The summed E-state index contributed by atoms with van der Waals surface area (Å²) in [7, 11) is 0. The Bertz CT molecular complexity index is 736. The van der Waals surface area contributed by atoms with Crippen LogP contribution in [0.2, 0.25) is 0 Å². The van der Waals surface area contributed by atoms with Crippen LogP contribution < -0.4 is 0 Å². The van der Waals surface area contributed by atoms with Crippen LogP contribution in [0, 0.1) is 17.5 Å². The second kappa shape index (κ2) is 7.30. The predicted molar refractivity (Wildman–Crippen MR) is 87.2 cm³/mol. The van der Waals surface area contributed by atoms with E-state index in [9.17, 15) is 18.0 Å². The molecule has 0 saturated carbocycles. The van der Waals surface area contributed by atoms with Crippen LogP contribution in [0.3, 0.4) is 0 Å². The van der Waals surface area contributed by atoms with Gasteiger partial charge in [-0.15, -0.1) is 11.8 Å². The summed E-state index contributed by atoms with van der Waals surface area (Å²) in [5.41, 5.74) is 0.903. The summed E-state index contributed by atoms with van der Waals surface area (Å²) in [4.78, 5) is 14.5. The minimum atomic E-state index is -0.663. The van der Waals surface area contributed by atoms with Crippen molar-refractivity contribution in [3.05, 3.63) is 65.5 Å². The highest BCUT2D eigenvalue weighted by Gasteiger charge is 2.29. The third-order valence-corrected chi connectivity index (χ3v) is 5.11. The Morgan fingerprint density at radius 3 is 2.50 bits per heavy atom. The number of nitrogens with zero attached hydrogens (tertiary/aromatic N) is 1. The summed E-state index contributed by atoms with van der Waals surface area (Å²) < 4.78 is 39.6. The molecular weight excluding hydrogens is 335 g/mol. The van der Waals surface area contributed by atoms with Crippen molar-refractivity contribution in [2.45, 2.75) is 23.8 Å². The molecule has 2 nitrogen and oxygen atoms in total. The number of amides is 1. The Labute approximate surface area is 142 Å². The molecule has 1 aliphatic heterocycles. The van der Waals surface area contributed by atoms with Gasteiger partial charge in [0.1, 0.15) is 17.5 Å². The van der Waals surface area contributed by atoms with Crippen LogP contribution in [-0.4, -0.2) is 23.1 Å². The first-order valence-electron chi connectivity index (χ1n) is 7.67. The van der Waals surface area contributed by atoms with E-state index in [0.717, 1.165) is 36.2 Å². The van der Waals surface area contributed by atoms with E-state index in [1.165, 1.54) is 24.3 Å². The van der Waals surface area contributed by atoms with Gasteiger partial charge in [0.05, 0.1) is 11.8 Å². The number of carbonyl (C=O) groups is 1. The largest absolute Gasteiger partial charge is 0.335 e. The lowest BCUT2D eigenvalue weighted by Crippen LogP contribution is -2.32. The molecule has 1 fully saturated rings. The van der Waals surface area contributed by atoms with Gasteiger partial charge in [-0.1, -0.05) is 12.1 Å². The average Bonchev–Trinajstić information content (AvgIpc) is 3.04. The first kappa shape index (κ1) is 16.9. The van der Waals surface area contributed by atoms with E-state index in [2.05, 4.69) is 0 Å². The fourth-order valence-electron chi connectivity index (χ4n) is 2.91. The Morgan fingerprint density at radius 2 is 1.79 bits per heavy atom. The highest BCUT2D eigenvalue weighted by molar-refractivity contribution is 8.00. The standard InChI is InChI=1S/C18H16F3NOS/c19-13-5-3-12(4-6-13)16-2-1-9-22(16)18(23)11-24-17-8-7-14(20)10-15(17)21/h3-8,10,16H,1-2,9,11H2. The van der Waals surface area contributed by atoms with E-state index in [4.69, 9.17) is 0 Å². The maximum atomic E-state index is 13.6. The van der Waals surface area contributed by atoms with Gasteiger partial charge in [-0.25, -0.2) is 13.2 Å². The van der Waals surface area contributed by atoms with Crippen molar-refractivity contribution in [1.29, 1.82) is 0 Å². The van der Waals surface area contributed by atoms with Gasteiger partial charge in [0.15, 0.2) is 0 Å². The predicted octanol–water partition coefficient (Wildman–Crippen LogP) is 4.56. The Kier molecular flexibility index (Phi) is 5.14.